The number of halogens is 1. The van der Waals surface area contributed by atoms with Gasteiger partial charge >= 0.3 is 0 Å². The highest BCUT2D eigenvalue weighted by atomic mass is 35.5. The molecule has 0 N–H and O–H groups in total. The summed E-state index contributed by atoms with van der Waals surface area (Å²) >= 11 is 6.39. The van der Waals surface area contributed by atoms with Crippen molar-refractivity contribution in [2.75, 3.05) is 20.8 Å². The maximum absolute atomic E-state index is 13.0. The van der Waals surface area contributed by atoms with E-state index in [1.807, 2.05) is 50.4 Å². The molecule has 0 unspecified atom stereocenters. The predicted molar refractivity (Wildman–Crippen MR) is 118 cm³/mol. The molecular weight excluding hydrogens is 402 g/mol. The maximum atomic E-state index is 13.0. The lowest BCUT2D eigenvalue weighted by molar-refractivity contribution is 0.0784. The number of carbonyl (C=O) groups excluding carboxylic acids is 1. The van der Waals surface area contributed by atoms with Crippen molar-refractivity contribution >= 4 is 17.5 Å². The molecule has 1 heterocycles. The van der Waals surface area contributed by atoms with E-state index >= 15 is 0 Å². The summed E-state index contributed by atoms with van der Waals surface area (Å²) in [5.41, 5.74) is 2.32. The normalized spacial score (nSPS) is 10.9. The molecule has 0 atom stereocenters. The number of ether oxygens (including phenoxy) is 2. The van der Waals surface area contributed by atoms with Gasteiger partial charge in [-0.05, 0) is 30.2 Å². The summed E-state index contributed by atoms with van der Waals surface area (Å²) in [6.07, 6.45) is 3.67. The molecule has 7 heteroatoms. The minimum atomic E-state index is -0.168. The van der Waals surface area contributed by atoms with Gasteiger partial charge in [0.25, 0.3) is 5.91 Å². The molecule has 1 amide bonds. The predicted octanol–water partition coefficient (Wildman–Crippen LogP) is 4.84. The molecule has 3 rings (SSSR count). The summed E-state index contributed by atoms with van der Waals surface area (Å²) in [7, 11) is 3.27. The van der Waals surface area contributed by atoms with Crippen molar-refractivity contribution in [1.29, 1.82) is 0 Å². The number of carbonyl (C=O) groups is 1. The van der Waals surface area contributed by atoms with Crippen molar-refractivity contribution in [2.45, 2.75) is 20.4 Å². The van der Waals surface area contributed by atoms with Gasteiger partial charge in [-0.25, -0.2) is 4.68 Å². The van der Waals surface area contributed by atoms with Crippen LogP contribution in [0.15, 0.2) is 54.9 Å². The summed E-state index contributed by atoms with van der Waals surface area (Å²) in [5, 5.41) is 4.73. The standard InChI is InChI=1S/C23H26ClN3O3/c1-16(2)15-30-22-20(24)10-18(11-21(22)29-4)23(28)26(3)13-17-12-25-27(14-17)19-8-6-5-7-9-19/h5-12,14,16H,13,15H2,1-4H3. The third-order valence-electron chi connectivity index (χ3n) is 4.46. The first-order valence-electron chi connectivity index (χ1n) is 9.73. The fourth-order valence-electron chi connectivity index (χ4n) is 2.96. The van der Waals surface area contributed by atoms with Crippen LogP contribution in [0.25, 0.3) is 5.69 Å². The maximum Gasteiger partial charge on any atom is 0.254 e. The van der Waals surface area contributed by atoms with Crippen molar-refractivity contribution in [1.82, 2.24) is 14.7 Å². The van der Waals surface area contributed by atoms with E-state index in [1.165, 1.54) is 7.11 Å². The summed E-state index contributed by atoms with van der Waals surface area (Å²) < 4.78 is 13.0. The highest BCUT2D eigenvalue weighted by molar-refractivity contribution is 6.32. The molecule has 2 aromatic carbocycles. The number of para-hydroxylation sites is 1. The molecule has 158 valence electrons. The molecule has 0 spiro atoms. The number of hydrogen-bond donors (Lipinski definition) is 0. The summed E-state index contributed by atoms with van der Waals surface area (Å²) in [4.78, 5) is 14.6. The molecule has 1 aromatic heterocycles. The van der Waals surface area contributed by atoms with Crippen molar-refractivity contribution in [2.24, 2.45) is 5.92 Å². The number of aromatic nitrogens is 2. The van der Waals surface area contributed by atoms with Crippen LogP contribution in [0.4, 0.5) is 0 Å². The Balaban J connectivity index is 1.74. The van der Waals surface area contributed by atoms with Gasteiger partial charge in [-0.1, -0.05) is 43.6 Å². The monoisotopic (exact) mass is 427 g/mol. The number of nitrogens with zero attached hydrogens (tertiary/aromatic N) is 3. The number of amides is 1. The molecular formula is C23H26ClN3O3. The van der Waals surface area contributed by atoms with Gasteiger partial charge in [-0.15, -0.1) is 0 Å². The lowest BCUT2D eigenvalue weighted by Gasteiger charge is -2.19. The number of methoxy groups -OCH3 is 1. The van der Waals surface area contributed by atoms with E-state index in [9.17, 15) is 4.79 Å². The molecule has 30 heavy (non-hydrogen) atoms. The van der Waals surface area contributed by atoms with Crippen LogP contribution in [0.1, 0.15) is 29.8 Å². The van der Waals surface area contributed by atoms with Crippen LogP contribution < -0.4 is 9.47 Å². The first-order valence-corrected chi connectivity index (χ1v) is 10.1. The van der Waals surface area contributed by atoms with Crippen molar-refractivity contribution in [3.63, 3.8) is 0 Å². The van der Waals surface area contributed by atoms with Crippen LogP contribution in [-0.2, 0) is 6.54 Å². The lowest BCUT2D eigenvalue weighted by atomic mass is 10.1. The Bertz CT molecular complexity index is 1000. The van der Waals surface area contributed by atoms with Crippen LogP contribution in [0.2, 0.25) is 5.02 Å². The Morgan fingerprint density at radius 1 is 1.23 bits per heavy atom. The largest absolute Gasteiger partial charge is 0.493 e. The van der Waals surface area contributed by atoms with E-state index < -0.39 is 0 Å². The van der Waals surface area contributed by atoms with Gasteiger partial charge < -0.3 is 14.4 Å². The average molecular weight is 428 g/mol. The first kappa shape index (κ1) is 21.7. The van der Waals surface area contributed by atoms with E-state index in [-0.39, 0.29) is 5.91 Å². The van der Waals surface area contributed by atoms with E-state index in [1.54, 1.807) is 35.0 Å². The number of hydrogen-bond acceptors (Lipinski definition) is 4. The number of benzene rings is 2. The minimum absolute atomic E-state index is 0.168. The summed E-state index contributed by atoms with van der Waals surface area (Å²) in [5.74, 6) is 1.07. The highest BCUT2D eigenvalue weighted by Gasteiger charge is 2.19. The van der Waals surface area contributed by atoms with Gasteiger partial charge in [0, 0.05) is 30.9 Å². The minimum Gasteiger partial charge on any atom is -0.493 e. The van der Waals surface area contributed by atoms with Gasteiger partial charge in [0.15, 0.2) is 11.5 Å². The second kappa shape index (κ2) is 9.67. The van der Waals surface area contributed by atoms with E-state index in [0.717, 1.165) is 11.3 Å². The smallest absolute Gasteiger partial charge is 0.254 e. The Labute approximate surface area is 182 Å². The van der Waals surface area contributed by atoms with Crippen molar-refractivity contribution in [3.8, 4) is 17.2 Å². The third kappa shape index (κ3) is 5.13. The van der Waals surface area contributed by atoms with Gasteiger partial charge in [-0.3, -0.25) is 4.79 Å². The Morgan fingerprint density at radius 3 is 2.63 bits per heavy atom. The SMILES string of the molecule is COc1cc(C(=O)N(C)Cc2cnn(-c3ccccc3)c2)cc(Cl)c1OCC(C)C. The molecule has 0 aliphatic rings. The fourth-order valence-corrected chi connectivity index (χ4v) is 3.23. The molecule has 0 aliphatic carbocycles. The van der Waals surface area contributed by atoms with Crippen LogP contribution in [0.3, 0.4) is 0 Å². The zero-order chi connectivity index (χ0) is 21.7. The van der Waals surface area contributed by atoms with E-state index in [2.05, 4.69) is 5.10 Å². The van der Waals surface area contributed by atoms with Gasteiger partial charge in [0.05, 0.1) is 30.6 Å². The zero-order valence-electron chi connectivity index (χ0n) is 17.6. The fraction of sp³-hybridized carbons (Fsp3) is 0.304. The van der Waals surface area contributed by atoms with Crippen molar-refractivity contribution < 1.29 is 14.3 Å². The molecule has 0 saturated carbocycles. The van der Waals surface area contributed by atoms with E-state index in [0.29, 0.717) is 41.2 Å². The van der Waals surface area contributed by atoms with Gasteiger partial charge in [0.2, 0.25) is 0 Å². The molecule has 0 saturated heterocycles. The van der Waals surface area contributed by atoms with Crippen LogP contribution >= 0.6 is 11.6 Å². The molecule has 0 aliphatic heterocycles. The topological polar surface area (TPSA) is 56.6 Å². The third-order valence-corrected chi connectivity index (χ3v) is 4.74. The van der Waals surface area contributed by atoms with Crippen molar-refractivity contribution in [3.05, 3.63) is 71.0 Å². The summed E-state index contributed by atoms with van der Waals surface area (Å²) in [6, 6.07) is 13.1. The van der Waals surface area contributed by atoms with Gasteiger partial charge in [0.1, 0.15) is 0 Å². The van der Waals surface area contributed by atoms with Crippen LogP contribution in [0, 0.1) is 5.92 Å². The molecule has 0 fully saturated rings. The lowest BCUT2D eigenvalue weighted by Crippen LogP contribution is -2.26. The van der Waals surface area contributed by atoms with Crippen LogP contribution in [0.5, 0.6) is 11.5 Å². The first-order chi connectivity index (χ1) is 14.4. The Hall–Kier alpha value is -2.99. The molecule has 0 bridgehead atoms. The molecule has 0 radical (unpaired) electrons. The Kier molecular flexibility index (Phi) is 7.00. The summed E-state index contributed by atoms with van der Waals surface area (Å²) in [6.45, 7) is 5.02. The van der Waals surface area contributed by atoms with Crippen LogP contribution in [-0.4, -0.2) is 41.4 Å². The molecule has 6 nitrogen and oxygen atoms in total. The van der Waals surface area contributed by atoms with Gasteiger partial charge in [-0.2, -0.15) is 5.10 Å². The molecule has 3 aromatic rings. The van der Waals surface area contributed by atoms with E-state index in [4.69, 9.17) is 21.1 Å². The number of rotatable bonds is 8. The Morgan fingerprint density at radius 2 is 1.97 bits per heavy atom. The highest BCUT2D eigenvalue weighted by Crippen LogP contribution is 2.37. The zero-order valence-corrected chi connectivity index (χ0v) is 18.4. The average Bonchev–Trinajstić information content (AvgIpc) is 3.20. The quantitative estimate of drug-likeness (QED) is 0.516. The second-order valence-electron chi connectivity index (χ2n) is 7.48. The second-order valence-corrected chi connectivity index (χ2v) is 7.89.